The van der Waals surface area contributed by atoms with Crippen LogP contribution in [0.5, 0.6) is 0 Å². The number of aliphatic hydroxyl groups excluding tert-OH is 1. The first-order valence-corrected chi connectivity index (χ1v) is 6.99. The Kier molecular flexibility index (Phi) is 5.06. The van der Waals surface area contributed by atoms with Crippen molar-refractivity contribution in [3.63, 3.8) is 0 Å². The van der Waals surface area contributed by atoms with Gasteiger partial charge in [-0.05, 0) is 25.0 Å². The van der Waals surface area contributed by atoms with Crippen molar-refractivity contribution in [3.05, 3.63) is 35.4 Å². The number of benzene rings is 1. The number of halogens is 2. The molecule has 1 aliphatic rings. The number of aliphatic hydroxyl groups is 1. The monoisotopic (exact) mass is 283 g/mol. The van der Waals surface area contributed by atoms with Crippen LogP contribution in [0.1, 0.15) is 42.5 Å². The summed E-state index contributed by atoms with van der Waals surface area (Å²) in [6, 6.07) is 3.13. The molecule has 1 fully saturated rings. The number of hydrogen-bond donors (Lipinski definition) is 2. The van der Waals surface area contributed by atoms with Gasteiger partial charge in [0.1, 0.15) is 17.2 Å². The van der Waals surface area contributed by atoms with Crippen LogP contribution in [0.2, 0.25) is 0 Å². The highest BCUT2D eigenvalue weighted by Gasteiger charge is 2.26. The number of rotatable bonds is 3. The fourth-order valence-corrected chi connectivity index (χ4v) is 2.75. The van der Waals surface area contributed by atoms with Crippen molar-refractivity contribution in [1.82, 2.24) is 5.32 Å². The molecule has 5 heteroatoms. The van der Waals surface area contributed by atoms with Crippen molar-refractivity contribution in [2.24, 2.45) is 5.92 Å². The van der Waals surface area contributed by atoms with Gasteiger partial charge in [0, 0.05) is 18.6 Å². The van der Waals surface area contributed by atoms with E-state index in [9.17, 15) is 18.7 Å². The van der Waals surface area contributed by atoms with Crippen LogP contribution in [0.15, 0.2) is 18.2 Å². The molecule has 20 heavy (non-hydrogen) atoms. The quantitative estimate of drug-likeness (QED) is 0.838. The second-order valence-electron chi connectivity index (χ2n) is 5.26. The van der Waals surface area contributed by atoms with E-state index < -0.39 is 23.1 Å². The lowest BCUT2D eigenvalue weighted by atomic mass is 9.95. The highest BCUT2D eigenvalue weighted by molar-refractivity contribution is 5.94. The molecular weight excluding hydrogens is 264 g/mol. The van der Waals surface area contributed by atoms with Crippen LogP contribution in [-0.4, -0.2) is 23.7 Å². The van der Waals surface area contributed by atoms with Gasteiger partial charge in [0.15, 0.2) is 0 Å². The third-order valence-electron chi connectivity index (χ3n) is 3.90. The maximum atomic E-state index is 13.6. The Morgan fingerprint density at radius 1 is 1.20 bits per heavy atom. The van der Waals surface area contributed by atoms with Crippen LogP contribution in [0.25, 0.3) is 0 Å². The zero-order valence-corrected chi connectivity index (χ0v) is 11.2. The average Bonchev–Trinajstić information content (AvgIpc) is 2.63. The Bertz CT molecular complexity index is 459. The molecule has 0 spiro atoms. The molecule has 3 nitrogen and oxygen atoms in total. The van der Waals surface area contributed by atoms with Crippen LogP contribution < -0.4 is 5.32 Å². The number of carbonyl (C=O) groups is 1. The zero-order chi connectivity index (χ0) is 14.5. The first-order valence-electron chi connectivity index (χ1n) is 6.99. The predicted octanol–water partition coefficient (Wildman–Crippen LogP) is 2.64. The molecule has 0 radical (unpaired) electrons. The summed E-state index contributed by atoms with van der Waals surface area (Å²) in [5, 5.41) is 12.1. The zero-order valence-electron chi connectivity index (χ0n) is 11.2. The van der Waals surface area contributed by atoms with E-state index in [0.29, 0.717) is 0 Å². The number of hydrogen-bond acceptors (Lipinski definition) is 2. The average molecular weight is 283 g/mol. The third-order valence-corrected chi connectivity index (χ3v) is 3.90. The lowest BCUT2D eigenvalue weighted by Gasteiger charge is -2.24. The fraction of sp³-hybridized carbons (Fsp3) is 0.533. The van der Waals surface area contributed by atoms with Gasteiger partial charge in [-0.2, -0.15) is 0 Å². The van der Waals surface area contributed by atoms with E-state index in [2.05, 4.69) is 5.32 Å². The molecule has 2 rings (SSSR count). The van der Waals surface area contributed by atoms with Gasteiger partial charge in [-0.3, -0.25) is 4.79 Å². The molecule has 0 saturated heterocycles. The summed E-state index contributed by atoms with van der Waals surface area (Å²) in [4.78, 5) is 12.1. The van der Waals surface area contributed by atoms with Gasteiger partial charge < -0.3 is 10.4 Å². The molecule has 1 aromatic carbocycles. The van der Waals surface area contributed by atoms with Crippen LogP contribution in [-0.2, 0) is 0 Å². The van der Waals surface area contributed by atoms with Crippen molar-refractivity contribution in [3.8, 4) is 0 Å². The van der Waals surface area contributed by atoms with Crippen molar-refractivity contribution in [2.75, 3.05) is 6.61 Å². The largest absolute Gasteiger partial charge is 0.396 e. The Balaban J connectivity index is 2.13. The Labute approximate surface area is 117 Å². The van der Waals surface area contributed by atoms with Crippen molar-refractivity contribution in [1.29, 1.82) is 0 Å². The summed E-state index contributed by atoms with van der Waals surface area (Å²) >= 11 is 0. The highest BCUT2D eigenvalue weighted by atomic mass is 19.1. The van der Waals surface area contributed by atoms with Crippen molar-refractivity contribution >= 4 is 5.91 Å². The minimum Gasteiger partial charge on any atom is -0.396 e. The van der Waals surface area contributed by atoms with Gasteiger partial charge in [0.25, 0.3) is 5.91 Å². The lowest BCUT2D eigenvalue weighted by Crippen LogP contribution is -2.41. The van der Waals surface area contributed by atoms with Gasteiger partial charge >= 0.3 is 0 Å². The van der Waals surface area contributed by atoms with E-state index >= 15 is 0 Å². The molecule has 110 valence electrons. The predicted molar refractivity (Wildman–Crippen MR) is 71.3 cm³/mol. The first kappa shape index (κ1) is 14.9. The molecule has 2 N–H and O–H groups in total. The van der Waals surface area contributed by atoms with Gasteiger partial charge in [-0.25, -0.2) is 8.78 Å². The van der Waals surface area contributed by atoms with Gasteiger partial charge in [0.2, 0.25) is 0 Å². The van der Waals surface area contributed by atoms with Gasteiger partial charge in [-0.1, -0.05) is 25.3 Å². The van der Waals surface area contributed by atoms with Crippen LogP contribution in [0, 0.1) is 17.6 Å². The summed E-state index contributed by atoms with van der Waals surface area (Å²) in [7, 11) is 0. The molecule has 1 amide bonds. The molecule has 1 aromatic rings. The number of nitrogens with one attached hydrogen (secondary N) is 1. The number of amides is 1. The third kappa shape index (κ3) is 3.33. The Morgan fingerprint density at radius 2 is 1.85 bits per heavy atom. The summed E-state index contributed by atoms with van der Waals surface area (Å²) in [6.45, 7) is -0.0231. The second-order valence-corrected chi connectivity index (χ2v) is 5.26. The van der Waals surface area contributed by atoms with Crippen molar-refractivity contribution in [2.45, 2.75) is 38.1 Å². The highest BCUT2D eigenvalue weighted by Crippen LogP contribution is 2.24. The van der Waals surface area contributed by atoms with Gasteiger partial charge in [-0.15, -0.1) is 0 Å². The molecule has 1 saturated carbocycles. The van der Waals surface area contributed by atoms with E-state index in [1.54, 1.807) is 0 Å². The lowest BCUT2D eigenvalue weighted by molar-refractivity contribution is 0.0891. The van der Waals surface area contributed by atoms with E-state index in [0.717, 1.165) is 44.2 Å². The van der Waals surface area contributed by atoms with Gasteiger partial charge in [0.05, 0.1) is 0 Å². The summed E-state index contributed by atoms with van der Waals surface area (Å²) in [5.74, 6) is -2.52. The van der Waals surface area contributed by atoms with Crippen LogP contribution in [0.3, 0.4) is 0 Å². The SMILES string of the molecule is O=C(NC1CCCCCC1CO)c1c(F)cccc1F. The van der Waals surface area contributed by atoms with E-state index in [-0.39, 0.29) is 18.6 Å². The van der Waals surface area contributed by atoms with E-state index in [1.165, 1.54) is 6.07 Å². The van der Waals surface area contributed by atoms with E-state index in [4.69, 9.17) is 0 Å². The summed E-state index contributed by atoms with van der Waals surface area (Å²) in [5.41, 5.74) is -0.548. The maximum absolute atomic E-state index is 13.6. The minimum absolute atomic E-state index is 0.0231. The molecular formula is C15H19F2NO2. The maximum Gasteiger partial charge on any atom is 0.257 e. The molecule has 2 unspecified atom stereocenters. The normalized spacial score (nSPS) is 23.1. The van der Waals surface area contributed by atoms with Crippen LogP contribution >= 0.6 is 0 Å². The topological polar surface area (TPSA) is 49.3 Å². The molecule has 0 aromatic heterocycles. The Hall–Kier alpha value is -1.49. The molecule has 0 aliphatic heterocycles. The van der Waals surface area contributed by atoms with Crippen LogP contribution in [0.4, 0.5) is 8.78 Å². The summed E-state index contributed by atoms with van der Waals surface area (Å²) in [6.07, 6.45) is 4.55. The van der Waals surface area contributed by atoms with Crippen molar-refractivity contribution < 1.29 is 18.7 Å². The summed E-state index contributed by atoms with van der Waals surface area (Å²) < 4.78 is 27.1. The fourth-order valence-electron chi connectivity index (χ4n) is 2.75. The standard InChI is InChI=1S/C15H19F2NO2/c16-11-6-4-7-12(17)14(11)15(20)18-13-8-3-1-2-5-10(13)9-19/h4,6-7,10,13,19H,1-3,5,8-9H2,(H,18,20). The first-order chi connectivity index (χ1) is 9.63. The molecule has 0 bridgehead atoms. The second kappa shape index (κ2) is 6.79. The number of carbonyl (C=O) groups excluding carboxylic acids is 1. The minimum atomic E-state index is -0.864. The molecule has 0 heterocycles. The van der Waals surface area contributed by atoms with E-state index in [1.807, 2.05) is 0 Å². The molecule has 1 aliphatic carbocycles. The smallest absolute Gasteiger partial charge is 0.257 e. The Morgan fingerprint density at radius 3 is 2.50 bits per heavy atom. The molecule has 2 atom stereocenters.